The first-order valence-electron chi connectivity index (χ1n) is 7.25. The first-order valence-corrected chi connectivity index (χ1v) is 7.63. The molecule has 1 aliphatic rings. The first-order chi connectivity index (χ1) is 10.1. The summed E-state index contributed by atoms with van der Waals surface area (Å²) in [5, 5.41) is 3.77. The average molecular weight is 300 g/mol. The number of carbonyl (C=O) groups excluding carboxylic acids is 1. The van der Waals surface area contributed by atoms with Crippen LogP contribution in [0, 0.1) is 6.92 Å². The lowest BCUT2D eigenvalue weighted by molar-refractivity contribution is -0.124. The van der Waals surface area contributed by atoms with E-state index >= 15 is 0 Å². The molecule has 3 rings (SSSR count). The number of rotatable bonds is 3. The maximum absolute atomic E-state index is 12.8. The molecule has 1 amide bonds. The highest BCUT2D eigenvalue weighted by Gasteiger charge is 2.45. The normalized spacial score (nSPS) is 16.1. The van der Waals surface area contributed by atoms with Crippen molar-refractivity contribution in [2.24, 2.45) is 0 Å². The molecule has 0 bridgehead atoms. The van der Waals surface area contributed by atoms with Crippen LogP contribution in [-0.2, 0) is 10.2 Å². The monoisotopic (exact) mass is 299 g/mol. The number of nitrogens with one attached hydrogen (secondary N) is 1. The number of halogens is 1. The van der Waals surface area contributed by atoms with Crippen LogP contribution in [0.3, 0.4) is 0 Å². The van der Waals surface area contributed by atoms with Crippen molar-refractivity contribution >= 4 is 23.2 Å². The van der Waals surface area contributed by atoms with Gasteiger partial charge in [-0.1, -0.05) is 48.4 Å². The van der Waals surface area contributed by atoms with E-state index in [9.17, 15) is 4.79 Å². The second-order valence-electron chi connectivity index (χ2n) is 5.72. The Morgan fingerprint density at radius 3 is 2.43 bits per heavy atom. The van der Waals surface area contributed by atoms with Crippen molar-refractivity contribution in [2.75, 3.05) is 5.32 Å². The molecule has 0 heterocycles. The second-order valence-corrected chi connectivity index (χ2v) is 6.15. The number of hydrogen-bond acceptors (Lipinski definition) is 1. The molecule has 1 aliphatic carbocycles. The molecule has 1 N–H and O–H groups in total. The molecular weight excluding hydrogens is 282 g/mol. The molecule has 108 valence electrons. The van der Waals surface area contributed by atoms with Crippen LogP contribution < -0.4 is 5.32 Å². The van der Waals surface area contributed by atoms with E-state index in [0.717, 1.165) is 36.1 Å². The summed E-state index contributed by atoms with van der Waals surface area (Å²) in [5.74, 6) is 0.0883. The van der Waals surface area contributed by atoms with Gasteiger partial charge in [-0.15, -0.1) is 0 Å². The molecule has 0 radical (unpaired) electrons. The third-order valence-corrected chi connectivity index (χ3v) is 4.64. The molecule has 1 fully saturated rings. The van der Waals surface area contributed by atoms with Crippen molar-refractivity contribution < 1.29 is 4.79 Å². The number of benzene rings is 2. The summed E-state index contributed by atoms with van der Waals surface area (Å²) >= 11 is 5.97. The maximum Gasteiger partial charge on any atom is 0.235 e. The third-order valence-electron chi connectivity index (χ3n) is 4.40. The molecule has 2 aromatic rings. The predicted octanol–water partition coefficient (Wildman–Crippen LogP) is 4.71. The van der Waals surface area contributed by atoms with Gasteiger partial charge in [0.05, 0.1) is 5.41 Å². The topological polar surface area (TPSA) is 29.1 Å². The highest BCUT2D eigenvalue weighted by atomic mass is 35.5. The number of amides is 1. The van der Waals surface area contributed by atoms with Gasteiger partial charge in [-0.05, 0) is 49.1 Å². The Balaban J connectivity index is 1.87. The molecule has 0 saturated heterocycles. The van der Waals surface area contributed by atoms with Gasteiger partial charge in [0.25, 0.3) is 0 Å². The lowest BCUT2D eigenvalue weighted by Crippen LogP contribution is -2.46. The molecule has 0 spiro atoms. The second kappa shape index (κ2) is 5.53. The van der Waals surface area contributed by atoms with Crippen molar-refractivity contribution in [1.82, 2.24) is 0 Å². The minimum absolute atomic E-state index is 0.0883. The van der Waals surface area contributed by atoms with Gasteiger partial charge in [-0.25, -0.2) is 0 Å². The highest BCUT2D eigenvalue weighted by Crippen LogP contribution is 2.44. The molecule has 3 heteroatoms. The molecular formula is C18H18ClNO. The van der Waals surface area contributed by atoms with Crippen LogP contribution in [0.2, 0.25) is 5.02 Å². The summed E-state index contributed by atoms with van der Waals surface area (Å²) in [5.41, 5.74) is 2.57. The molecule has 21 heavy (non-hydrogen) atoms. The zero-order chi connectivity index (χ0) is 14.9. The van der Waals surface area contributed by atoms with Crippen LogP contribution in [0.1, 0.15) is 30.4 Å². The van der Waals surface area contributed by atoms with Crippen molar-refractivity contribution in [3.8, 4) is 0 Å². The van der Waals surface area contributed by atoms with Crippen molar-refractivity contribution in [3.63, 3.8) is 0 Å². The van der Waals surface area contributed by atoms with Crippen LogP contribution in [-0.4, -0.2) is 5.91 Å². The Morgan fingerprint density at radius 2 is 1.86 bits per heavy atom. The van der Waals surface area contributed by atoms with E-state index in [2.05, 4.69) is 5.32 Å². The van der Waals surface area contributed by atoms with E-state index < -0.39 is 0 Å². The first kappa shape index (κ1) is 14.2. The molecule has 0 unspecified atom stereocenters. The summed E-state index contributed by atoms with van der Waals surface area (Å²) in [4.78, 5) is 12.8. The van der Waals surface area contributed by atoms with E-state index in [0.29, 0.717) is 5.02 Å². The zero-order valence-corrected chi connectivity index (χ0v) is 12.8. The Labute approximate surface area is 130 Å². The van der Waals surface area contributed by atoms with Gasteiger partial charge >= 0.3 is 0 Å². The average Bonchev–Trinajstić information content (AvgIpc) is 2.42. The van der Waals surface area contributed by atoms with Gasteiger partial charge < -0.3 is 5.32 Å². The van der Waals surface area contributed by atoms with Crippen LogP contribution in [0.4, 0.5) is 5.69 Å². The minimum Gasteiger partial charge on any atom is -0.325 e. The largest absolute Gasteiger partial charge is 0.325 e. The summed E-state index contributed by atoms with van der Waals surface area (Å²) in [7, 11) is 0. The fourth-order valence-corrected chi connectivity index (χ4v) is 3.17. The van der Waals surface area contributed by atoms with Gasteiger partial charge in [0, 0.05) is 10.7 Å². The molecule has 0 aromatic heterocycles. The number of aryl methyl sites for hydroxylation is 1. The van der Waals surface area contributed by atoms with Crippen LogP contribution in [0.25, 0.3) is 0 Å². The van der Waals surface area contributed by atoms with E-state index in [1.165, 1.54) is 0 Å². The highest BCUT2D eigenvalue weighted by molar-refractivity contribution is 6.30. The number of carbonyl (C=O) groups is 1. The molecule has 0 atom stereocenters. The zero-order valence-electron chi connectivity index (χ0n) is 12.0. The lowest BCUT2D eigenvalue weighted by Gasteiger charge is -2.40. The molecule has 2 aromatic carbocycles. The molecule has 1 saturated carbocycles. The number of hydrogen-bond donors (Lipinski definition) is 1. The number of anilines is 1. The van der Waals surface area contributed by atoms with E-state index in [4.69, 9.17) is 11.6 Å². The van der Waals surface area contributed by atoms with Crippen LogP contribution in [0.5, 0.6) is 0 Å². The summed E-state index contributed by atoms with van der Waals surface area (Å²) in [6, 6.07) is 15.6. The Bertz CT molecular complexity index is 662. The third kappa shape index (κ3) is 2.56. The van der Waals surface area contributed by atoms with Crippen LogP contribution in [0.15, 0.2) is 48.5 Å². The summed E-state index contributed by atoms with van der Waals surface area (Å²) in [6.45, 7) is 1.96. The van der Waals surface area contributed by atoms with Gasteiger partial charge in [-0.3, -0.25) is 4.79 Å². The van der Waals surface area contributed by atoms with E-state index in [-0.39, 0.29) is 11.3 Å². The Kier molecular flexibility index (Phi) is 3.73. The smallest absolute Gasteiger partial charge is 0.235 e. The molecule has 0 aliphatic heterocycles. The molecule has 2 nitrogen and oxygen atoms in total. The maximum atomic E-state index is 12.8. The van der Waals surface area contributed by atoms with Crippen molar-refractivity contribution in [2.45, 2.75) is 31.6 Å². The van der Waals surface area contributed by atoms with Gasteiger partial charge in [0.1, 0.15) is 0 Å². The fraction of sp³-hybridized carbons (Fsp3) is 0.278. The van der Waals surface area contributed by atoms with E-state index in [1.54, 1.807) is 6.07 Å². The SMILES string of the molecule is Cc1cc(Cl)ccc1NC(=O)C1(c2ccccc2)CCC1. The predicted molar refractivity (Wildman–Crippen MR) is 86.8 cm³/mol. The summed E-state index contributed by atoms with van der Waals surface area (Å²) in [6.07, 6.45) is 2.92. The van der Waals surface area contributed by atoms with E-state index in [1.807, 2.05) is 49.4 Å². The minimum atomic E-state index is -0.368. The van der Waals surface area contributed by atoms with Crippen molar-refractivity contribution in [3.05, 3.63) is 64.7 Å². The standard InChI is InChI=1S/C18H18ClNO/c1-13-12-15(19)8-9-16(13)20-17(21)18(10-5-11-18)14-6-3-2-4-7-14/h2-4,6-9,12H,5,10-11H2,1H3,(H,20,21). The van der Waals surface area contributed by atoms with Gasteiger partial charge in [0.15, 0.2) is 0 Å². The Morgan fingerprint density at radius 1 is 1.14 bits per heavy atom. The van der Waals surface area contributed by atoms with Gasteiger partial charge in [-0.2, -0.15) is 0 Å². The van der Waals surface area contributed by atoms with Gasteiger partial charge in [0.2, 0.25) is 5.91 Å². The fourth-order valence-electron chi connectivity index (χ4n) is 2.94. The van der Waals surface area contributed by atoms with Crippen molar-refractivity contribution in [1.29, 1.82) is 0 Å². The summed E-state index contributed by atoms with van der Waals surface area (Å²) < 4.78 is 0. The quantitative estimate of drug-likeness (QED) is 0.874. The van der Waals surface area contributed by atoms with Crippen LogP contribution >= 0.6 is 11.6 Å². The Hall–Kier alpha value is -1.80. The lowest BCUT2D eigenvalue weighted by atomic mass is 9.64.